The van der Waals surface area contributed by atoms with Crippen LogP contribution in [0, 0.1) is 13.8 Å². The lowest BCUT2D eigenvalue weighted by Gasteiger charge is -2.18. The molecule has 0 saturated heterocycles. The van der Waals surface area contributed by atoms with E-state index in [0.717, 1.165) is 12.8 Å². The Morgan fingerprint density at radius 3 is 2.53 bits per heavy atom. The molecule has 0 aliphatic carbocycles. The van der Waals surface area contributed by atoms with Crippen LogP contribution in [-0.2, 0) is 6.42 Å². The summed E-state index contributed by atoms with van der Waals surface area (Å²) in [5, 5.41) is 3.39. The Bertz CT molecular complexity index is 520. The molecule has 1 aromatic carbocycles. The summed E-state index contributed by atoms with van der Waals surface area (Å²) in [6.45, 7) is 4.23. The van der Waals surface area contributed by atoms with Crippen molar-refractivity contribution in [2.24, 2.45) is 0 Å². The van der Waals surface area contributed by atoms with Gasteiger partial charge in [-0.15, -0.1) is 0 Å². The summed E-state index contributed by atoms with van der Waals surface area (Å²) in [6.07, 6.45) is 4.09. The van der Waals surface area contributed by atoms with Crippen LogP contribution in [0.5, 0.6) is 0 Å². The molecule has 0 spiro atoms. The minimum atomic E-state index is 0.320. The number of benzene rings is 1. The maximum absolute atomic E-state index is 4.60. The van der Waals surface area contributed by atoms with Crippen LogP contribution in [0.25, 0.3) is 0 Å². The highest BCUT2D eigenvalue weighted by molar-refractivity contribution is 5.26. The van der Waals surface area contributed by atoms with Crippen LogP contribution in [-0.4, -0.2) is 12.0 Å². The Morgan fingerprint density at radius 1 is 1.16 bits per heavy atom. The van der Waals surface area contributed by atoms with Gasteiger partial charge in [0.15, 0.2) is 0 Å². The van der Waals surface area contributed by atoms with E-state index < -0.39 is 0 Å². The first-order valence-electron chi connectivity index (χ1n) is 6.85. The van der Waals surface area contributed by atoms with Crippen molar-refractivity contribution in [3.63, 3.8) is 0 Å². The van der Waals surface area contributed by atoms with E-state index in [-0.39, 0.29) is 0 Å². The van der Waals surface area contributed by atoms with Crippen LogP contribution in [0.3, 0.4) is 0 Å². The smallest absolute Gasteiger partial charge is 0.0602 e. The fourth-order valence-electron chi connectivity index (χ4n) is 2.46. The molecule has 2 aromatic rings. The normalized spacial score (nSPS) is 12.4. The summed E-state index contributed by atoms with van der Waals surface area (Å²) in [5.74, 6) is 0. The monoisotopic (exact) mass is 254 g/mol. The van der Waals surface area contributed by atoms with E-state index in [4.69, 9.17) is 0 Å². The van der Waals surface area contributed by atoms with Crippen molar-refractivity contribution in [2.45, 2.75) is 32.7 Å². The maximum atomic E-state index is 4.60. The lowest BCUT2D eigenvalue weighted by atomic mass is 9.99. The van der Waals surface area contributed by atoms with Crippen molar-refractivity contribution >= 4 is 0 Å². The maximum Gasteiger partial charge on any atom is 0.0602 e. The highest BCUT2D eigenvalue weighted by Gasteiger charge is 2.13. The van der Waals surface area contributed by atoms with Crippen molar-refractivity contribution in [2.75, 3.05) is 7.05 Å². The first kappa shape index (κ1) is 13.8. The molecule has 2 nitrogen and oxygen atoms in total. The predicted molar refractivity (Wildman–Crippen MR) is 80.3 cm³/mol. The van der Waals surface area contributed by atoms with E-state index in [2.05, 4.69) is 60.5 Å². The molecule has 0 amide bonds. The largest absolute Gasteiger partial charge is 0.312 e. The SMILES string of the molecule is CNC(CCc1ccccc1)c1ncc(C)cc1C. The third-order valence-electron chi connectivity index (χ3n) is 3.50. The van der Waals surface area contributed by atoms with Crippen LogP contribution in [0.2, 0.25) is 0 Å². The Hall–Kier alpha value is -1.67. The molecule has 1 aromatic heterocycles. The van der Waals surface area contributed by atoms with E-state index in [1.165, 1.54) is 22.4 Å². The molecular weight excluding hydrogens is 232 g/mol. The zero-order valence-corrected chi connectivity index (χ0v) is 12.0. The van der Waals surface area contributed by atoms with Crippen molar-refractivity contribution < 1.29 is 0 Å². The van der Waals surface area contributed by atoms with Gasteiger partial charge in [0.25, 0.3) is 0 Å². The summed E-state index contributed by atoms with van der Waals surface area (Å²) in [4.78, 5) is 4.60. The average Bonchev–Trinajstić information content (AvgIpc) is 2.42. The third kappa shape index (κ3) is 3.65. The fraction of sp³-hybridized carbons (Fsp3) is 0.353. The zero-order valence-electron chi connectivity index (χ0n) is 12.0. The summed E-state index contributed by atoms with van der Waals surface area (Å²) in [6, 6.07) is 13.1. The molecule has 0 radical (unpaired) electrons. The molecule has 0 saturated carbocycles. The predicted octanol–water partition coefficient (Wildman–Crippen LogP) is 3.59. The van der Waals surface area contributed by atoms with Crippen LogP contribution >= 0.6 is 0 Å². The van der Waals surface area contributed by atoms with Crippen LogP contribution in [0.15, 0.2) is 42.6 Å². The molecule has 100 valence electrons. The summed E-state index contributed by atoms with van der Waals surface area (Å²) in [7, 11) is 2.01. The second kappa shape index (κ2) is 6.48. The number of nitrogens with one attached hydrogen (secondary N) is 1. The number of aryl methyl sites for hydroxylation is 3. The van der Waals surface area contributed by atoms with Gasteiger partial charge >= 0.3 is 0 Å². The van der Waals surface area contributed by atoms with Crippen molar-refractivity contribution in [3.05, 3.63) is 65.0 Å². The molecule has 19 heavy (non-hydrogen) atoms. The van der Waals surface area contributed by atoms with Gasteiger partial charge in [0, 0.05) is 12.2 Å². The molecule has 1 N–H and O–H groups in total. The Labute approximate surface area is 115 Å². The lowest BCUT2D eigenvalue weighted by Crippen LogP contribution is -2.19. The van der Waals surface area contributed by atoms with E-state index >= 15 is 0 Å². The van der Waals surface area contributed by atoms with Gasteiger partial charge in [0.1, 0.15) is 0 Å². The van der Waals surface area contributed by atoms with Gasteiger partial charge in [-0.1, -0.05) is 36.4 Å². The minimum absolute atomic E-state index is 0.320. The molecule has 2 rings (SSSR count). The molecule has 0 fully saturated rings. The van der Waals surface area contributed by atoms with Gasteiger partial charge in [-0.05, 0) is 50.4 Å². The van der Waals surface area contributed by atoms with Crippen LogP contribution in [0.1, 0.15) is 34.8 Å². The van der Waals surface area contributed by atoms with Crippen LogP contribution < -0.4 is 5.32 Å². The second-order valence-electron chi connectivity index (χ2n) is 5.08. The van der Waals surface area contributed by atoms with Gasteiger partial charge in [-0.3, -0.25) is 4.98 Å². The van der Waals surface area contributed by atoms with Gasteiger partial charge in [-0.2, -0.15) is 0 Å². The first-order valence-corrected chi connectivity index (χ1v) is 6.85. The summed E-state index contributed by atoms with van der Waals surface area (Å²) < 4.78 is 0. The quantitative estimate of drug-likeness (QED) is 0.882. The molecular formula is C17H22N2. The molecule has 0 aliphatic heterocycles. The van der Waals surface area contributed by atoms with E-state index in [1.807, 2.05) is 13.2 Å². The third-order valence-corrected chi connectivity index (χ3v) is 3.50. The Balaban J connectivity index is 2.08. The number of pyridine rings is 1. The highest BCUT2D eigenvalue weighted by atomic mass is 14.9. The molecule has 0 aliphatic rings. The second-order valence-corrected chi connectivity index (χ2v) is 5.08. The number of hydrogen-bond acceptors (Lipinski definition) is 2. The van der Waals surface area contributed by atoms with Crippen molar-refractivity contribution in [1.82, 2.24) is 10.3 Å². The number of nitrogens with zero attached hydrogens (tertiary/aromatic N) is 1. The molecule has 1 atom stereocenters. The molecule has 2 heteroatoms. The standard InChI is InChI=1S/C17H22N2/c1-13-11-14(2)17(19-12-13)16(18-3)10-9-15-7-5-4-6-8-15/h4-8,11-12,16,18H,9-10H2,1-3H3. The van der Waals surface area contributed by atoms with Gasteiger partial charge in [0.2, 0.25) is 0 Å². The molecule has 0 bridgehead atoms. The number of hydrogen-bond donors (Lipinski definition) is 1. The van der Waals surface area contributed by atoms with Crippen molar-refractivity contribution in [3.8, 4) is 0 Å². The first-order chi connectivity index (χ1) is 9.20. The average molecular weight is 254 g/mol. The Morgan fingerprint density at radius 2 is 1.89 bits per heavy atom. The van der Waals surface area contributed by atoms with Crippen LogP contribution in [0.4, 0.5) is 0 Å². The lowest BCUT2D eigenvalue weighted by molar-refractivity contribution is 0.532. The number of aromatic nitrogens is 1. The van der Waals surface area contributed by atoms with Crippen molar-refractivity contribution in [1.29, 1.82) is 0 Å². The van der Waals surface area contributed by atoms with Gasteiger partial charge in [-0.25, -0.2) is 0 Å². The van der Waals surface area contributed by atoms with E-state index in [0.29, 0.717) is 6.04 Å². The van der Waals surface area contributed by atoms with Gasteiger partial charge < -0.3 is 5.32 Å². The zero-order chi connectivity index (χ0) is 13.7. The summed E-state index contributed by atoms with van der Waals surface area (Å²) >= 11 is 0. The number of rotatable bonds is 5. The van der Waals surface area contributed by atoms with E-state index in [1.54, 1.807) is 0 Å². The molecule has 1 unspecified atom stereocenters. The highest BCUT2D eigenvalue weighted by Crippen LogP contribution is 2.20. The Kier molecular flexibility index (Phi) is 4.69. The summed E-state index contributed by atoms with van der Waals surface area (Å²) in [5.41, 5.74) is 5.04. The van der Waals surface area contributed by atoms with Gasteiger partial charge in [0.05, 0.1) is 5.69 Å². The topological polar surface area (TPSA) is 24.9 Å². The van der Waals surface area contributed by atoms with E-state index in [9.17, 15) is 0 Å². The molecule has 1 heterocycles. The minimum Gasteiger partial charge on any atom is -0.312 e. The fourth-order valence-corrected chi connectivity index (χ4v) is 2.46.